The molecule has 30 heavy (non-hydrogen) atoms. The highest BCUT2D eigenvalue weighted by molar-refractivity contribution is 5.97. The molecular weight excluding hydrogens is 396 g/mol. The van der Waals surface area contributed by atoms with E-state index < -0.39 is 35.2 Å². The van der Waals surface area contributed by atoms with E-state index in [1.807, 2.05) is 6.07 Å². The minimum atomic E-state index is -1.02. The summed E-state index contributed by atoms with van der Waals surface area (Å²) in [5.41, 5.74) is 0.115. The van der Waals surface area contributed by atoms with Gasteiger partial charge in [-0.2, -0.15) is 5.26 Å². The molecular formula is C20H15F2N5O3. The van der Waals surface area contributed by atoms with Crippen molar-refractivity contribution < 1.29 is 23.1 Å². The minimum Gasteiger partial charge on any atom is -0.489 e. The Bertz CT molecular complexity index is 1140. The lowest BCUT2D eigenvalue weighted by Crippen LogP contribution is -2.52. The van der Waals surface area contributed by atoms with Crippen LogP contribution in [-0.2, 0) is 10.3 Å². The molecule has 0 unspecified atom stereocenters. The maximum Gasteiger partial charge on any atom is 0.323 e. The van der Waals surface area contributed by atoms with Crippen molar-refractivity contribution in [2.75, 3.05) is 18.5 Å². The number of rotatable bonds is 3. The summed E-state index contributed by atoms with van der Waals surface area (Å²) >= 11 is 0. The number of pyridine rings is 1. The van der Waals surface area contributed by atoms with Gasteiger partial charge in [0.25, 0.3) is 0 Å². The van der Waals surface area contributed by atoms with E-state index in [1.165, 1.54) is 17.2 Å². The molecule has 2 aromatic rings. The maximum absolute atomic E-state index is 14.5. The summed E-state index contributed by atoms with van der Waals surface area (Å²) < 4.78 is 33.8. The van der Waals surface area contributed by atoms with E-state index in [2.05, 4.69) is 15.6 Å². The molecule has 8 nitrogen and oxygen atoms in total. The predicted octanol–water partition coefficient (Wildman–Crippen LogP) is 2.32. The third-order valence-corrected chi connectivity index (χ3v) is 5.67. The molecule has 3 heterocycles. The fourth-order valence-corrected chi connectivity index (χ4v) is 4.12. The molecule has 1 aromatic carbocycles. The molecule has 152 valence electrons. The SMILES string of the molecule is N#Cc1cnc2c(c1)OC[C@@H]2NC(=O)CN1C(=O)Nc2ccc(F)c(F)c2C12CC2. The standard InChI is InChI=1S/C20H15F2N5O3/c21-11-1-2-12-16(17(11)22)20(3-4-20)27(19(29)26-12)8-15(28)25-13-9-30-14-5-10(6-23)7-24-18(13)14/h1-2,5,7,13H,3-4,8-9H2,(H,25,28)(H,26,29)/t13-/m0/s1. The number of hydrogen-bond acceptors (Lipinski definition) is 5. The van der Waals surface area contributed by atoms with Gasteiger partial charge in [-0.3, -0.25) is 9.78 Å². The third-order valence-electron chi connectivity index (χ3n) is 5.67. The quantitative estimate of drug-likeness (QED) is 0.806. The molecule has 5 rings (SSSR count). The van der Waals surface area contributed by atoms with Crippen LogP contribution >= 0.6 is 0 Å². The largest absolute Gasteiger partial charge is 0.489 e. The monoisotopic (exact) mass is 411 g/mol. The van der Waals surface area contributed by atoms with Crippen LogP contribution in [-0.4, -0.2) is 35.0 Å². The Morgan fingerprint density at radius 1 is 1.43 bits per heavy atom. The van der Waals surface area contributed by atoms with Crippen LogP contribution in [0.5, 0.6) is 5.75 Å². The van der Waals surface area contributed by atoms with Gasteiger partial charge in [0.15, 0.2) is 11.6 Å². The zero-order chi connectivity index (χ0) is 21.0. The Hall–Kier alpha value is -3.74. The Morgan fingerprint density at radius 2 is 2.23 bits per heavy atom. The lowest BCUT2D eigenvalue weighted by Gasteiger charge is -2.37. The minimum absolute atomic E-state index is 0.0788. The van der Waals surface area contributed by atoms with Crippen LogP contribution in [0.25, 0.3) is 0 Å². The van der Waals surface area contributed by atoms with Crippen molar-refractivity contribution in [2.24, 2.45) is 0 Å². The van der Waals surface area contributed by atoms with Crippen molar-refractivity contribution in [3.63, 3.8) is 0 Å². The summed E-state index contributed by atoms with van der Waals surface area (Å²) in [7, 11) is 0. The first-order valence-electron chi connectivity index (χ1n) is 9.32. The number of nitrogens with zero attached hydrogens (tertiary/aromatic N) is 3. The van der Waals surface area contributed by atoms with Crippen LogP contribution in [0.3, 0.4) is 0 Å². The summed E-state index contributed by atoms with van der Waals surface area (Å²) in [4.78, 5) is 30.7. The van der Waals surface area contributed by atoms with Crippen LogP contribution in [0.4, 0.5) is 19.3 Å². The Labute approximate surface area is 169 Å². The molecule has 3 amide bonds. The molecule has 0 saturated heterocycles. The first-order valence-corrected chi connectivity index (χ1v) is 9.32. The van der Waals surface area contributed by atoms with Crippen LogP contribution in [0.1, 0.15) is 35.7 Å². The molecule has 3 aliphatic rings. The first-order chi connectivity index (χ1) is 14.4. The Morgan fingerprint density at radius 3 is 2.97 bits per heavy atom. The number of benzene rings is 1. The lowest BCUT2D eigenvalue weighted by molar-refractivity contribution is -0.123. The summed E-state index contributed by atoms with van der Waals surface area (Å²) in [6.07, 6.45) is 2.27. The number of halogens is 2. The average molecular weight is 411 g/mol. The number of anilines is 1. The van der Waals surface area contributed by atoms with Gasteiger partial charge < -0.3 is 20.3 Å². The first kappa shape index (κ1) is 18.3. The highest BCUT2D eigenvalue weighted by Crippen LogP contribution is 2.56. The summed E-state index contributed by atoms with van der Waals surface area (Å²) in [5, 5.41) is 14.2. The number of aromatic nitrogens is 1. The molecule has 1 aromatic heterocycles. The van der Waals surface area contributed by atoms with Gasteiger partial charge in [0.2, 0.25) is 5.91 Å². The topological polar surface area (TPSA) is 107 Å². The molecule has 1 spiro atoms. The van der Waals surface area contributed by atoms with E-state index in [4.69, 9.17) is 10.00 Å². The molecule has 2 aliphatic heterocycles. The molecule has 0 radical (unpaired) electrons. The fourth-order valence-electron chi connectivity index (χ4n) is 4.12. The van der Waals surface area contributed by atoms with Gasteiger partial charge in [-0.05, 0) is 25.0 Å². The molecule has 2 N–H and O–H groups in total. The maximum atomic E-state index is 14.5. The molecule has 0 bridgehead atoms. The van der Waals surface area contributed by atoms with E-state index in [0.717, 1.165) is 6.07 Å². The van der Waals surface area contributed by atoms with Crippen molar-refractivity contribution in [1.82, 2.24) is 15.2 Å². The van der Waals surface area contributed by atoms with Gasteiger partial charge in [-0.1, -0.05) is 0 Å². The zero-order valence-corrected chi connectivity index (χ0v) is 15.5. The number of urea groups is 1. The number of fused-ring (bicyclic) bond motifs is 3. The van der Waals surface area contributed by atoms with Gasteiger partial charge >= 0.3 is 6.03 Å². The van der Waals surface area contributed by atoms with Crippen molar-refractivity contribution in [2.45, 2.75) is 24.4 Å². The van der Waals surface area contributed by atoms with Crippen LogP contribution < -0.4 is 15.4 Å². The molecule has 1 fully saturated rings. The molecule has 10 heteroatoms. The number of nitriles is 1. The fraction of sp³-hybridized carbons (Fsp3) is 0.300. The van der Waals surface area contributed by atoms with Crippen molar-refractivity contribution in [3.8, 4) is 11.8 Å². The third kappa shape index (κ3) is 2.66. The number of carbonyl (C=O) groups excluding carboxylic acids is 2. The van der Waals surface area contributed by atoms with Crippen molar-refractivity contribution in [1.29, 1.82) is 5.26 Å². The second-order valence-electron chi connectivity index (χ2n) is 7.48. The smallest absolute Gasteiger partial charge is 0.323 e. The highest BCUT2D eigenvalue weighted by Gasteiger charge is 2.57. The van der Waals surface area contributed by atoms with E-state index in [0.29, 0.717) is 29.8 Å². The van der Waals surface area contributed by atoms with E-state index in [-0.39, 0.29) is 24.4 Å². The average Bonchev–Trinajstić information content (AvgIpc) is 3.42. The second-order valence-corrected chi connectivity index (χ2v) is 7.48. The molecule has 1 atom stereocenters. The molecule has 1 aliphatic carbocycles. The number of carbonyl (C=O) groups is 2. The Kier molecular flexibility index (Phi) is 3.89. The number of hydrogen-bond donors (Lipinski definition) is 2. The molecule has 1 saturated carbocycles. The van der Waals surface area contributed by atoms with Gasteiger partial charge in [0, 0.05) is 17.8 Å². The van der Waals surface area contributed by atoms with E-state index in [9.17, 15) is 18.4 Å². The van der Waals surface area contributed by atoms with Gasteiger partial charge in [0.05, 0.1) is 16.8 Å². The van der Waals surface area contributed by atoms with Crippen molar-refractivity contribution >= 4 is 17.6 Å². The number of ether oxygens (including phenoxy) is 1. The Balaban J connectivity index is 1.36. The van der Waals surface area contributed by atoms with E-state index >= 15 is 0 Å². The lowest BCUT2D eigenvalue weighted by atomic mass is 9.97. The van der Waals surface area contributed by atoms with Crippen LogP contribution in [0.2, 0.25) is 0 Å². The zero-order valence-electron chi connectivity index (χ0n) is 15.5. The number of amides is 3. The van der Waals surface area contributed by atoms with Crippen molar-refractivity contribution in [3.05, 3.63) is 52.9 Å². The number of nitrogens with one attached hydrogen (secondary N) is 2. The normalized spacial score (nSPS) is 20.0. The summed E-state index contributed by atoms with van der Waals surface area (Å²) in [5.74, 6) is -2.07. The predicted molar refractivity (Wildman–Crippen MR) is 98.3 cm³/mol. The second kappa shape index (κ2) is 6.38. The highest BCUT2D eigenvalue weighted by atomic mass is 19.2. The summed E-state index contributed by atoms with van der Waals surface area (Å²) in [6, 6.07) is 4.73. The van der Waals surface area contributed by atoms with Crippen LogP contribution in [0.15, 0.2) is 24.4 Å². The van der Waals surface area contributed by atoms with E-state index in [1.54, 1.807) is 6.07 Å². The summed E-state index contributed by atoms with van der Waals surface area (Å²) in [6.45, 7) is -0.188. The van der Waals surface area contributed by atoms with Gasteiger partial charge in [0.1, 0.15) is 36.7 Å². The van der Waals surface area contributed by atoms with Crippen LogP contribution in [0, 0.1) is 23.0 Å². The van der Waals surface area contributed by atoms with Gasteiger partial charge in [-0.25, -0.2) is 13.6 Å². The van der Waals surface area contributed by atoms with Gasteiger partial charge in [-0.15, -0.1) is 0 Å².